The van der Waals surface area contributed by atoms with Crippen LogP contribution in [-0.4, -0.2) is 41.3 Å². The number of carbonyl (C=O) groups is 1. The van der Waals surface area contributed by atoms with Crippen molar-refractivity contribution in [1.29, 1.82) is 0 Å². The molecule has 0 radical (unpaired) electrons. The second kappa shape index (κ2) is 5.46. The molecule has 0 aromatic heterocycles. The molecule has 110 valence electrons. The van der Waals surface area contributed by atoms with Crippen molar-refractivity contribution in [3.05, 3.63) is 35.4 Å². The number of halogens is 2. The van der Waals surface area contributed by atoms with Crippen molar-refractivity contribution >= 4 is 5.97 Å². The number of likely N-dealkylation sites (tertiary alicyclic amines) is 1. The van der Waals surface area contributed by atoms with Crippen molar-refractivity contribution in [2.24, 2.45) is 0 Å². The van der Waals surface area contributed by atoms with E-state index >= 15 is 0 Å². The molecule has 1 unspecified atom stereocenters. The minimum atomic E-state index is -1.02. The summed E-state index contributed by atoms with van der Waals surface area (Å²) in [4.78, 5) is 12.4. The summed E-state index contributed by atoms with van der Waals surface area (Å²) in [6.45, 7) is 4.21. The van der Waals surface area contributed by atoms with Gasteiger partial charge in [0.25, 0.3) is 0 Å². The number of carboxylic acids is 1. The number of rotatable bonds is 5. The molecule has 4 nitrogen and oxygen atoms in total. The lowest BCUT2D eigenvalue weighted by Gasteiger charge is -2.50. The van der Waals surface area contributed by atoms with E-state index in [0.717, 1.165) is 6.07 Å². The van der Waals surface area contributed by atoms with Crippen LogP contribution in [0.4, 0.5) is 8.78 Å². The van der Waals surface area contributed by atoms with E-state index in [0.29, 0.717) is 18.7 Å². The van der Waals surface area contributed by atoms with Crippen LogP contribution >= 0.6 is 0 Å². The summed E-state index contributed by atoms with van der Waals surface area (Å²) in [5.41, 5.74) is -0.249. The summed E-state index contributed by atoms with van der Waals surface area (Å²) in [5, 5.41) is 8.59. The maximum absolute atomic E-state index is 13.7. The second-order valence-corrected chi connectivity index (χ2v) is 5.36. The first-order valence-corrected chi connectivity index (χ1v) is 6.36. The Bertz CT molecular complexity index is 515. The van der Waals surface area contributed by atoms with Crippen LogP contribution < -0.4 is 0 Å². The Labute approximate surface area is 116 Å². The molecule has 1 heterocycles. The van der Waals surface area contributed by atoms with Crippen LogP contribution in [0.5, 0.6) is 0 Å². The third-order valence-electron chi connectivity index (χ3n) is 3.60. The van der Waals surface area contributed by atoms with Crippen LogP contribution in [0.15, 0.2) is 18.2 Å². The van der Waals surface area contributed by atoms with Crippen molar-refractivity contribution in [1.82, 2.24) is 4.90 Å². The van der Waals surface area contributed by atoms with Gasteiger partial charge in [-0.15, -0.1) is 0 Å². The van der Waals surface area contributed by atoms with Gasteiger partial charge in [0.2, 0.25) is 0 Å². The fourth-order valence-corrected chi connectivity index (χ4v) is 2.45. The molecule has 1 aliphatic heterocycles. The minimum absolute atomic E-state index is 0.285. The monoisotopic (exact) mass is 285 g/mol. The van der Waals surface area contributed by atoms with E-state index in [1.165, 1.54) is 6.07 Å². The maximum Gasteiger partial charge on any atom is 0.329 e. The molecule has 0 spiro atoms. The molecule has 0 bridgehead atoms. The van der Waals surface area contributed by atoms with Gasteiger partial charge in [-0.25, -0.2) is 13.6 Å². The third-order valence-corrected chi connectivity index (χ3v) is 3.60. The summed E-state index contributed by atoms with van der Waals surface area (Å²) in [5.74, 6) is -2.71. The van der Waals surface area contributed by atoms with E-state index in [1.807, 2.05) is 4.90 Å². The zero-order valence-electron chi connectivity index (χ0n) is 11.4. The Kier molecular flexibility index (Phi) is 4.06. The van der Waals surface area contributed by atoms with E-state index in [-0.39, 0.29) is 12.6 Å². The summed E-state index contributed by atoms with van der Waals surface area (Å²) < 4.78 is 32.2. The van der Waals surface area contributed by atoms with Crippen LogP contribution in [0.2, 0.25) is 0 Å². The molecular weight excluding hydrogens is 268 g/mol. The normalized spacial score (nSPS) is 19.4. The predicted octanol–water partition coefficient (Wildman–Crippen LogP) is 2.20. The van der Waals surface area contributed by atoms with Crippen LogP contribution in [-0.2, 0) is 9.53 Å². The molecule has 1 N–H and O–H groups in total. The maximum atomic E-state index is 13.7. The van der Waals surface area contributed by atoms with Crippen LogP contribution in [0.3, 0.4) is 0 Å². The predicted molar refractivity (Wildman–Crippen MR) is 68.3 cm³/mol. The molecule has 1 saturated heterocycles. The molecule has 1 fully saturated rings. The average molecular weight is 285 g/mol. The molecule has 1 aromatic rings. The van der Waals surface area contributed by atoms with Gasteiger partial charge in [-0.1, -0.05) is 12.1 Å². The highest BCUT2D eigenvalue weighted by molar-refractivity contribution is 5.68. The van der Waals surface area contributed by atoms with Crippen molar-refractivity contribution in [2.45, 2.75) is 25.5 Å². The van der Waals surface area contributed by atoms with E-state index in [1.54, 1.807) is 19.9 Å². The number of ether oxygens (including phenoxy) is 1. The number of carboxylic acid groups (broad SMARTS) is 1. The summed E-state index contributed by atoms with van der Waals surface area (Å²) in [7, 11) is 0. The van der Waals surface area contributed by atoms with E-state index < -0.39 is 23.2 Å². The smallest absolute Gasteiger partial charge is 0.329 e. The standard InChI is InChI=1S/C14H17F2NO3/c1-9(10-4-3-5-11(15)13(10)16)17-7-14(2,8-17)20-6-12(18)19/h3-5,9H,6-8H2,1-2H3,(H,18,19). The van der Waals surface area contributed by atoms with Gasteiger partial charge in [0.05, 0.1) is 5.60 Å². The number of nitrogens with zero attached hydrogens (tertiary/aromatic N) is 1. The second-order valence-electron chi connectivity index (χ2n) is 5.36. The Balaban J connectivity index is 1.98. The van der Waals surface area contributed by atoms with Crippen molar-refractivity contribution in [3.63, 3.8) is 0 Å². The zero-order chi connectivity index (χ0) is 14.9. The number of aliphatic carboxylic acids is 1. The third kappa shape index (κ3) is 2.96. The molecular formula is C14H17F2NO3. The van der Waals surface area contributed by atoms with Crippen LogP contribution in [0.1, 0.15) is 25.5 Å². The molecule has 0 saturated carbocycles. The summed E-state index contributed by atoms with van der Waals surface area (Å²) in [6, 6.07) is 3.83. The van der Waals surface area contributed by atoms with Gasteiger partial charge < -0.3 is 9.84 Å². The molecule has 0 aliphatic carbocycles. The zero-order valence-corrected chi connectivity index (χ0v) is 11.4. The largest absolute Gasteiger partial charge is 0.480 e. The molecule has 1 aromatic carbocycles. The average Bonchev–Trinajstić information content (AvgIpc) is 2.35. The summed E-state index contributed by atoms with van der Waals surface area (Å²) >= 11 is 0. The SMILES string of the molecule is CC(c1cccc(F)c1F)N1CC(C)(OCC(=O)O)C1. The number of benzene rings is 1. The molecule has 0 amide bonds. The van der Waals surface area contributed by atoms with E-state index in [2.05, 4.69) is 0 Å². The van der Waals surface area contributed by atoms with E-state index in [4.69, 9.17) is 9.84 Å². The fraction of sp³-hybridized carbons (Fsp3) is 0.500. The van der Waals surface area contributed by atoms with Crippen LogP contribution in [0, 0.1) is 11.6 Å². The summed E-state index contributed by atoms with van der Waals surface area (Å²) in [6.07, 6.45) is 0. The lowest BCUT2D eigenvalue weighted by atomic mass is 9.92. The van der Waals surface area contributed by atoms with Gasteiger partial charge in [-0.3, -0.25) is 4.90 Å². The molecule has 6 heteroatoms. The van der Waals surface area contributed by atoms with Crippen LogP contribution in [0.25, 0.3) is 0 Å². The van der Waals surface area contributed by atoms with Crippen molar-refractivity contribution in [2.75, 3.05) is 19.7 Å². The van der Waals surface area contributed by atoms with Gasteiger partial charge in [-0.2, -0.15) is 0 Å². The fourth-order valence-electron chi connectivity index (χ4n) is 2.45. The Morgan fingerprint density at radius 3 is 2.75 bits per heavy atom. The molecule has 20 heavy (non-hydrogen) atoms. The van der Waals surface area contributed by atoms with Gasteiger partial charge in [-0.05, 0) is 19.9 Å². The van der Waals surface area contributed by atoms with Gasteiger partial charge >= 0.3 is 5.97 Å². The Hall–Kier alpha value is -1.53. The van der Waals surface area contributed by atoms with Gasteiger partial charge in [0.1, 0.15) is 6.61 Å². The first-order chi connectivity index (χ1) is 9.32. The minimum Gasteiger partial charge on any atom is -0.480 e. The Morgan fingerprint density at radius 2 is 2.15 bits per heavy atom. The lowest BCUT2D eigenvalue weighted by molar-refractivity contribution is -0.169. The van der Waals surface area contributed by atoms with E-state index in [9.17, 15) is 13.6 Å². The number of hydrogen-bond acceptors (Lipinski definition) is 3. The first-order valence-electron chi connectivity index (χ1n) is 6.36. The highest BCUT2D eigenvalue weighted by Gasteiger charge is 2.43. The Morgan fingerprint density at radius 1 is 1.50 bits per heavy atom. The molecule has 2 rings (SSSR count). The lowest BCUT2D eigenvalue weighted by Crippen LogP contribution is -2.62. The van der Waals surface area contributed by atoms with Gasteiger partial charge in [0.15, 0.2) is 11.6 Å². The van der Waals surface area contributed by atoms with Crippen molar-refractivity contribution in [3.8, 4) is 0 Å². The molecule has 1 atom stereocenters. The highest BCUT2D eigenvalue weighted by Crippen LogP contribution is 2.34. The topological polar surface area (TPSA) is 49.8 Å². The highest BCUT2D eigenvalue weighted by atomic mass is 19.2. The number of hydrogen-bond donors (Lipinski definition) is 1. The molecule has 1 aliphatic rings. The first kappa shape index (κ1) is 14.9. The quantitative estimate of drug-likeness (QED) is 0.901. The van der Waals surface area contributed by atoms with Crippen molar-refractivity contribution < 1.29 is 23.4 Å². The van der Waals surface area contributed by atoms with Gasteiger partial charge in [0, 0.05) is 24.7 Å².